The van der Waals surface area contributed by atoms with Crippen molar-refractivity contribution in [3.05, 3.63) is 29.8 Å². The van der Waals surface area contributed by atoms with Gasteiger partial charge in [-0.3, -0.25) is 14.4 Å². The molecule has 168 valence electrons. The van der Waals surface area contributed by atoms with Crippen LogP contribution in [0.4, 0.5) is 5.69 Å². The van der Waals surface area contributed by atoms with E-state index >= 15 is 0 Å². The zero-order chi connectivity index (χ0) is 22.0. The van der Waals surface area contributed by atoms with Crippen LogP contribution < -0.4 is 4.90 Å². The second kappa shape index (κ2) is 9.41. The van der Waals surface area contributed by atoms with Gasteiger partial charge in [-0.1, -0.05) is 32.0 Å². The van der Waals surface area contributed by atoms with Crippen molar-refractivity contribution in [2.75, 3.05) is 37.6 Å². The lowest BCUT2D eigenvalue weighted by Crippen LogP contribution is -2.47. The van der Waals surface area contributed by atoms with Crippen molar-refractivity contribution >= 4 is 23.4 Å². The molecule has 3 heterocycles. The number of likely N-dealkylation sites (tertiary alicyclic amines) is 2. The van der Waals surface area contributed by atoms with Crippen LogP contribution in [0.2, 0.25) is 0 Å². The van der Waals surface area contributed by atoms with Gasteiger partial charge in [0.2, 0.25) is 17.7 Å². The topological polar surface area (TPSA) is 60.9 Å². The summed E-state index contributed by atoms with van der Waals surface area (Å²) < 4.78 is 0. The van der Waals surface area contributed by atoms with E-state index in [1.54, 1.807) is 4.90 Å². The number of nitrogens with zero attached hydrogens (tertiary/aromatic N) is 3. The molecule has 3 aliphatic heterocycles. The molecule has 6 heteroatoms. The summed E-state index contributed by atoms with van der Waals surface area (Å²) in [7, 11) is 0. The summed E-state index contributed by atoms with van der Waals surface area (Å²) in [6.45, 7) is 7.78. The smallest absolute Gasteiger partial charge is 0.228 e. The Bertz CT molecular complexity index is 823. The average Bonchev–Trinajstić information content (AvgIpc) is 3.20. The molecule has 0 spiro atoms. The summed E-state index contributed by atoms with van der Waals surface area (Å²) in [5.41, 5.74) is 2.07. The first-order chi connectivity index (χ1) is 15.0. The second-order valence-electron chi connectivity index (χ2n) is 9.50. The third kappa shape index (κ3) is 4.63. The molecule has 0 aliphatic carbocycles. The molecule has 4 rings (SSSR count). The van der Waals surface area contributed by atoms with E-state index in [-0.39, 0.29) is 36.0 Å². The third-order valence-electron chi connectivity index (χ3n) is 7.39. The number of rotatable bonds is 4. The summed E-state index contributed by atoms with van der Waals surface area (Å²) in [5.74, 6) is 0.842. The molecule has 0 bridgehead atoms. The number of benzene rings is 1. The third-order valence-corrected chi connectivity index (χ3v) is 7.39. The molecule has 3 aliphatic rings. The van der Waals surface area contributed by atoms with E-state index in [2.05, 4.69) is 13.8 Å². The largest absolute Gasteiger partial charge is 0.342 e. The molecule has 1 aromatic carbocycles. The number of aryl methyl sites for hydroxylation is 1. The SMILES string of the molecule is CCc1ccccc1N1CC(C(=O)N2CCC(C(=O)N3CCC(C)CC3)CC2)CC1=O. The highest BCUT2D eigenvalue weighted by molar-refractivity contribution is 6.00. The monoisotopic (exact) mass is 425 g/mol. The Labute approximate surface area is 185 Å². The number of carbonyl (C=O) groups excluding carboxylic acids is 3. The van der Waals surface area contributed by atoms with Crippen LogP contribution in [0.15, 0.2) is 24.3 Å². The average molecular weight is 426 g/mol. The fourth-order valence-electron chi connectivity index (χ4n) is 5.27. The first-order valence-electron chi connectivity index (χ1n) is 11.9. The summed E-state index contributed by atoms with van der Waals surface area (Å²) in [4.78, 5) is 44.4. The van der Waals surface area contributed by atoms with Gasteiger partial charge < -0.3 is 14.7 Å². The quantitative estimate of drug-likeness (QED) is 0.745. The zero-order valence-electron chi connectivity index (χ0n) is 18.9. The van der Waals surface area contributed by atoms with Gasteiger partial charge in [-0.05, 0) is 49.7 Å². The number of piperidine rings is 2. The fourth-order valence-corrected chi connectivity index (χ4v) is 5.27. The molecule has 0 aromatic heterocycles. The Morgan fingerprint density at radius 2 is 1.48 bits per heavy atom. The van der Waals surface area contributed by atoms with Crippen molar-refractivity contribution in [2.45, 2.75) is 52.4 Å². The van der Waals surface area contributed by atoms with E-state index in [1.807, 2.05) is 34.1 Å². The summed E-state index contributed by atoms with van der Waals surface area (Å²) in [6, 6.07) is 7.95. The van der Waals surface area contributed by atoms with Crippen molar-refractivity contribution < 1.29 is 14.4 Å². The van der Waals surface area contributed by atoms with Crippen LogP contribution in [0.25, 0.3) is 0 Å². The molecule has 1 aromatic rings. The molecule has 6 nitrogen and oxygen atoms in total. The van der Waals surface area contributed by atoms with Crippen molar-refractivity contribution in [3.8, 4) is 0 Å². The Morgan fingerprint density at radius 3 is 2.13 bits per heavy atom. The predicted octanol–water partition coefficient (Wildman–Crippen LogP) is 3.10. The summed E-state index contributed by atoms with van der Waals surface area (Å²) in [6.07, 6.45) is 4.80. The number of amides is 3. The van der Waals surface area contributed by atoms with Gasteiger partial charge in [0.25, 0.3) is 0 Å². The minimum absolute atomic E-state index is 0.0311. The molecule has 3 saturated heterocycles. The zero-order valence-corrected chi connectivity index (χ0v) is 18.9. The molecule has 1 atom stereocenters. The molecule has 3 fully saturated rings. The molecule has 1 unspecified atom stereocenters. The Morgan fingerprint density at radius 1 is 0.903 bits per heavy atom. The number of anilines is 1. The lowest BCUT2D eigenvalue weighted by Gasteiger charge is -2.37. The van der Waals surface area contributed by atoms with Gasteiger partial charge in [-0.15, -0.1) is 0 Å². The number of carbonyl (C=O) groups is 3. The maximum Gasteiger partial charge on any atom is 0.228 e. The maximum atomic E-state index is 13.1. The van der Waals surface area contributed by atoms with E-state index < -0.39 is 0 Å². The normalized spacial score (nSPS) is 23.5. The van der Waals surface area contributed by atoms with Crippen LogP contribution >= 0.6 is 0 Å². The fraction of sp³-hybridized carbons (Fsp3) is 0.640. The Kier molecular flexibility index (Phi) is 6.63. The van der Waals surface area contributed by atoms with E-state index in [0.29, 0.717) is 25.6 Å². The standard InChI is InChI=1S/C25H35N3O3/c1-3-19-6-4-5-7-22(19)28-17-21(16-23(28)29)25(31)27-14-10-20(11-15-27)24(30)26-12-8-18(2)9-13-26/h4-7,18,20-21H,3,8-17H2,1-2H3. The highest BCUT2D eigenvalue weighted by atomic mass is 16.2. The van der Waals surface area contributed by atoms with Crippen molar-refractivity contribution in [1.29, 1.82) is 0 Å². The van der Waals surface area contributed by atoms with Crippen molar-refractivity contribution in [1.82, 2.24) is 9.80 Å². The van der Waals surface area contributed by atoms with Crippen LogP contribution in [0.3, 0.4) is 0 Å². The maximum absolute atomic E-state index is 13.1. The minimum Gasteiger partial charge on any atom is -0.342 e. The second-order valence-corrected chi connectivity index (χ2v) is 9.50. The van der Waals surface area contributed by atoms with Crippen LogP contribution in [0.1, 0.15) is 51.5 Å². The molecular formula is C25H35N3O3. The molecule has 3 amide bonds. The summed E-state index contributed by atoms with van der Waals surface area (Å²) >= 11 is 0. The van der Waals surface area contributed by atoms with Gasteiger partial charge in [0, 0.05) is 50.7 Å². The van der Waals surface area contributed by atoms with E-state index in [1.165, 1.54) is 0 Å². The van der Waals surface area contributed by atoms with Gasteiger partial charge in [-0.2, -0.15) is 0 Å². The Hall–Kier alpha value is -2.37. The van der Waals surface area contributed by atoms with E-state index in [4.69, 9.17) is 0 Å². The van der Waals surface area contributed by atoms with Gasteiger partial charge >= 0.3 is 0 Å². The van der Waals surface area contributed by atoms with Gasteiger partial charge in [0.05, 0.1) is 5.92 Å². The molecule has 0 radical (unpaired) electrons. The first-order valence-corrected chi connectivity index (χ1v) is 11.9. The van der Waals surface area contributed by atoms with E-state index in [9.17, 15) is 14.4 Å². The van der Waals surface area contributed by atoms with Gasteiger partial charge in [-0.25, -0.2) is 0 Å². The van der Waals surface area contributed by atoms with Crippen molar-refractivity contribution in [3.63, 3.8) is 0 Å². The van der Waals surface area contributed by atoms with Crippen molar-refractivity contribution in [2.24, 2.45) is 17.8 Å². The highest BCUT2D eigenvalue weighted by Gasteiger charge is 2.39. The molecular weight excluding hydrogens is 390 g/mol. The van der Waals surface area contributed by atoms with E-state index in [0.717, 1.165) is 56.4 Å². The lowest BCUT2D eigenvalue weighted by molar-refractivity contribution is -0.143. The van der Waals surface area contributed by atoms with Crippen LogP contribution in [-0.4, -0.2) is 60.2 Å². The number of hydrogen-bond donors (Lipinski definition) is 0. The molecule has 31 heavy (non-hydrogen) atoms. The van der Waals surface area contributed by atoms with Crippen LogP contribution in [0.5, 0.6) is 0 Å². The first kappa shape index (κ1) is 21.8. The lowest BCUT2D eigenvalue weighted by atomic mass is 9.92. The number of hydrogen-bond acceptors (Lipinski definition) is 3. The van der Waals surface area contributed by atoms with Crippen LogP contribution in [-0.2, 0) is 20.8 Å². The van der Waals surface area contributed by atoms with Gasteiger partial charge in [0.1, 0.15) is 0 Å². The highest BCUT2D eigenvalue weighted by Crippen LogP contribution is 2.31. The van der Waals surface area contributed by atoms with Gasteiger partial charge in [0.15, 0.2) is 0 Å². The molecule has 0 N–H and O–H groups in total. The van der Waals surface area contributed by atoms with Crippen LogP contribution in [0, 0.1) is 17.8 Å². The summed E-state index contributed by atoms with van der Waals surface area (Å²) in [5, 5.41) is 0. The Balaban J connectivity index is 1.32. The molecule has 0 saturated carbocycles. The number of para-hydroxylation sites is 1. The minimum atomic E-state index is -0.284. The predicted molar refractivity (Wildman–Crippen MR) is 121 cm³/mol.